The second-order valence-electron chi connectivity index (χ2n) is 6.11. The third kappa shape index (κ3) is 3.82. The van der Waals surface area contributed by atoms with E-state index in [0.717, 1.165) is 17.1 Å². The summed E-state index contributed by atoms with van der Waals surface area (Å²) in [5.74, 6) is -1.27. The molecule has 0 radical (unpaired) electrons. The molecule has 0 aliphatic rings. The third-order valence-electron chi connectivity index (χ3n) is 4.04. The van der Waals surface area contributed by atoms with Gasteiger partial charge in [0, 0.05) is 23.6 Å². The van der Waals surface area contributed by atoms with Crippen molar-refractivity contribution in [3.05, 3.63) is 53.1 Å². The number of hydrogen-bond acceptors (Lipinski definition) is 3. The average Bonchev–Trinajstić information content (AvgIpc) is 2.81. The van der Waals surface area contributed by atoms with Gasteiger partial charge in [0.25, 0.3) is 5.91 Å². The molecule has 2 rings (SSSR count). The lowest BCUT2D eigenvalue weighted by molar-refractivity contribution is -0.138. The van der Waals surface area contributed by atoms with Crippen LogP contribution >= 0.6 is 0 Å². The topological polar surface area (TPSA) is 75.4 Å². The van der Waals surface area contributed by atoms with E-state index in [-0.39, 0.29) is 18.5 Å². The van der Waals surface area contributed by atoms with E-state index >= 15 is 0 Å². The maximum Gasteiger partial charge on any atom is 0.323 e. The van der Waals surface area contributed by atoms with Gasteiger partial charge in [-0.1, -0.05) is 6.07 Å². The van der Waals surface area contributed by atoms with Gasteiger partial charge in [0.15, 0.2) is 0 Å². The summed E-state index contributed by atoms with van der Waals surface area (Å²) in [5, 5.41) is 9.05. The van der Waals surface area contributed by atoms with Crippen molar-refractivity contribution >= 4 is 11.9 Å². The first-order chi connectivity index (χ1) is 11.3. The molecule has 0 aromatic carbocycles. The van der Waals surface area contributed by atoms with Gasteiger partial charge in [-0.15, -0.1) is 0 Å². The van der Waals surface area contributed by atoms with Gasteiger partial charge in [-0.05, 0) is 45.9 Å². The molecule has 1 N–H and O–H groups in total. The third-order valence-corrected chi connectivity index (χ3v) is 4.04. The van der Waals surface area contributed by atoms with Crippen LogP contribution in [0, 0.1) is 13.8 Å². The van der Waals surface area contributed by atoms with Crippen LogP contribution in [0.3, 0.4) is 0 Å². The van der Waals surface area contributed by atoms with Gasteiger partial charge in [-0.2, -0.15) is 0 Å². The van der Waals surface area contributed by atoms with Gasteiger partial charge in [0.1, 0.15) is 6.54 Å². The molecule has 6 heteroatoms. The van der Waals surface area contributed by atoms with Crippen LogP contribution in [0.1, 0.15) is 41.3 Å². The first kappa shape index (κ1) is 17.7. The monoisotopic (exact) mass is 329 g/mol. The van der Waals surface area contributed by atoms with Gasteiger partial charge in [0.05, 0.1) is 17.8 Å². The van der Waals surface area contributed by atoms with E-state index in [2.05, 4.69) is 4.98 Å². The molecule has 0 fully saturated rings. The number of carbonyl (C=O) groups is 2. The zero-order chi connectivity index (χ0) is 17.9. The quantitative estimate of drug-likeness (QED) is 0.883. The lowest BCUT2D eigenvalue weighted by Gasteiger charge is -2.25. The fraction of sp³-hybridized carbons (Fsp3) is 0.389. The molecule has 0 saturated carbocycles. The van der Waals surface area contributed by atoms with Crippen LogP contribution < -0.4 is 0 Å². The molecule has 0 saturated heterocycles. The molecule has 1 amide bonds. The van der Waals surface area contributed by atoms with Gasteiger partial charge in [-0.3, -0.25) is 14.6 Å². The Labute approximate surface area is 141 Å². The molecule has 6 nitrogen and oxygen atoms in total. The Hall–Kier alpha value is -2.63. The van der Waals surface area contributed by atoms with Crippen molar-refractivity contribution in [2.45, 2.75) is 40.3 Å². The summed E-state index contributed by atoms with van der Waals surface area (Å²) in [6, 6.07) is 7.35. The van der Waals surface area contributed by atoms with Crippen molar-refractivity contribution in [2.24, 2.45) is 0 Å². The minimum absolute atomic E-state index is 0.188. The number of carbonyl (C=O) groups excluding carboxylic acids is 1. The van der Waals surface area contributed by atoms with Crippen LogP contribution in [-0.4, -0.2) is 44.0 Å². The first-order valence-corrected chi connectivity index (χ1v) is 7.90. The minimum Gasteiger partial charge on any atom is -0.480 e. The fourth-order valence-electron chi connectivity index (χ4n) is 2.70. The molecule has 0 atom stereocenters. The van der Waals surface area contributed by atoms with Crippen LogP contribution in [0.5, 0.6) is 0 Å². The number of aromatic nitrogens is 2. The zero-order valence-corrected chi connectivity index (χ0v) is 14.5. The molecule has 24 heavy (non-hydrogen) atoms. The molecular formula is C18H23N3O3. The summed E-state index contributed by atoms with van der Waals surface area (Å²) in [6.45, 7) is 7.71. The summed E-state index contributed by atoms with van der Waals surface area (Å²) >= 11 is 0. The zero-order valence-electron chi connectivity index (χ0n) is 14.5. The first-order valence-electron chi connectivity index (χ1n) is 7.90. The Morgan fingerprint density at radius 3 is 2.54 bits per heavy atom. The summed E-state index contributed by atoms with van der Waals surface area (Å²) < 4.78 is 2.02. The van der Waals surface area contributed by atoms with Crippen LogP contribution in [0.15, 0.2) is 30.5 Å². The molecule has 2 heterocycles. The molecule has 0 aliphatic heterocycles. The lowest BCUT2D eigenvalue weighted by Crippen LogP contribution is -2.40. The maximum absolute atomic E-state index is 12.8. The Morgan fingerprint density at radius 1 is 1.29 bits per heavy atom. The number of rotatable bonds is 6. The second-order valence-corrected chi connectivity index (χ2v) is 6.11. The number of carboxylic acid groups (broad SMARTS) is 1. The summed E-state index contributed by atoms with van der Waals surface area (Å²) in [4.78, 5) is 29.5. The normalized spacial score (nSPS) is 10.9. The van der Waals surface area contributed by atoms with Crippen molar-refractivity contribution in [2.75, 3.05) is 6.54 Å². The van der Waals surface area contributed by atoms with Gasteiger partial charge in [0.2, 0.25) is 0 Å². The number of aryl methyl sites for hydroxylation is 1. The highest BCUT2D eigenvalue weighted by Gasteiger charge is 2.25. The van der Waals surface area contributed by atoms with E-state index in [1.54, 1.807) is 6.20 Å². The Balaban J connectivity index is 2.33. The van der Waals surface area contributed by atoms with E-state index in [0.29, 0.717) is 12.1 Å². The van der Waals surface area contributed by atoms with Gasteiger partial charge >= 0.3 is 5.97 Å². The summed E-state index contributed by atoms with van der Waals surface area (Å²) in [7, 11) is 0. The van der Waals surface area contributed by atoms with Crippen LogP contribution in [0.2, 0.25) is 0 Å². The van der Waals surface area contributed by atoms with Crippen LogP contribution in [-0.2, 0) is 11.3 Å². The van der Waals surface area contributed by atoms with Crippen LogP contribution in [0.25, 0.3) is 0 Å². The molecular weight excluding hydrogens is 306 g/mol. The van der Waals surface area contributed by atoms with Crippen molar-refractivity contribution in [1.82, 2.24) is 14.5 Å². The molecule has 128 valence electrons. The largest absolute Gasteiger partial charge is 0.480 e. The highest BCUT2D eigenvalue weighted by molar-refractivity contribution is 5.97. The average molecular weight is 329 g/mol. The number of amides is 1. The number of carboxylic acids is 1. The minimum atomic E-state index is -1.01. The number of nitrogens with zero attached hydrogens (tertiary/aromatic N) is 3. The van der Waals surface area contributed by atoms with Crippen molar-refractivity contribution < 1.29 is 14.7 Å². The maximum atomic E-state index is 12.8. The Morgan fingerprint density at radius 2 is 2.00 bits per heavy atom. The summed E-state index contributed by atoms with van der Waals surface area (Å²) in [6.07, 6.45) is 1.74. The Bertz CT molecular complexity index is 735. The standard InChI is InChI=1S/C18H23N3O3/c1-12(2)20(11-17(22)23)18(24)16-9-13(3)21(14(16)4)10-15-7-5-6-8-19-15/h5-9,12H,10-11H2,1-4H3,(H,22,23). The molecule has 2 aromatic rings. The summed E-state index contributed by atoms with van der Waals surface area (Å²) in [5.41, 5.74) is 3.21. The van der Waals surface area contributed by atoms with Crippen LogP contribution in [0.4, 0.5) is 0 Å². The lowest BCUT2D eigenvalue weighted by atomic mass is 10.2. The molecule has 0 unspecified atom stereocenters. The van der Waals surface area contributed by atoms with Crippen molar-refractivity contribution in [1.29, 1.82) is 0 Å². The highest BCUT2D eigenvalue weighted by Crippen LogP contribution is 2.19. The predicted molar refractivity (Wildman–Crippen MR) is 91.1 cm³/mol. The fourth-order valence-corrected chi connectivity index (χ4v) is 2.70. The SMILES string of the molecule is Cc1cc(C(=O)N(CC(=O)O)C(C)C)c(C)n1Cc1ccccn1. The number of aliphatic carboxylic acids is 1. The Kier molecular flexibility index (Phi) is 5.39. The van der Waals surface area contributed by atoms with Crippen molar-refractivity contribution in [3.63, 3.8) is 0 Å². The van der Waals surface area contributed by atoms with E-state index < -0.39 is 5.97 Å². The van der Waals surface area contributed by atoms with Crippen molar-refractivity contribution in [3.8, 4) is 0 Å². The molecule has 0 aliphatic carbocycles. The van der Waals surface area contributed by atoms with Gasteiger partial charge in [-0.25, -0.2) is 0 Å². The number of hydrogen-bond donors (Lipinski definition) is 1. The highest BCUT2D eigenvalue weighted by atomic mass is 16.4. The smallest absolute Gasteiger partial charge is 0.323 e. The van der Waals surface area contributed by atoms with E-state index in [9.17, 15) is 9.59 Å². The van der Waals surface area contributed by atoms with E-state index in [1.165, 1.54) is 4.90 Å². The molecule has 0 bridgehead atoms. The number of pyridine rings is 1. The second kappa shape index (κ2) is 7.29. The van der Waals surface area contributed by atoms with E-state index in [1.807, 2.05) is 56.5 Å². The van der Waals surface area contributed by atoms with E-state index in [4.69, 9.17) is 5.11 Å². The molecule has 0 spiro atoms. The molecule has 2 aromatic heterocycles. The predicted octanol–water partition coefficient (Wildman–Crippen LogP) is 2.48. The van der Waals surface area contributed by atoms with Gasteiger partial charge < -0.3 is 14.6 Å².